The van der Waals surface area contributed by atoms with E-state index in [-0.39, 0.29) is 17.7 Å². The second-order valence-electron chi connectivity index (χ2n) is 5.43. The number of esters is 1. The zero-order valence-electron chi connectivity index (χ0n) is 11.0. The topological polar surface area (TPSA) is 61.8 Å². The van der Waals surface area contributed by atoms with Crippen molar-refractivity contribution in [2.75, 3.05) is 13.2 Å². The van der Waals surface area contributed by atoms with Crippen LogP contribution in [0.3, 0.4) is 0 Å². The van der Waals surface area contributed by atoms with Gasteiger partial charge in [-0.25, -0.2) is 0 Å². The highest BCUT2D eigenvalue weighted by molar-refractivity contribution is 5.93. The molecule has 2 heterocycles. The molecular formula is C14H18O5. The van der Waals surface area contributed by atoms with E-state index in [1.165, 1.54) is 6.92 Å². The average molecular weight is 266 g/mol. The lowest BCUT2D eigenvalue weighted by molar-refractivity contribution is -0.317. The number of allylic oxidation sites excluding steroid dienone is 1. The third-order valence-corrected chi connectivity index (χ3v) is 4.08. The molecule has 0 amide bonds. The van der Waals surface area contributed by atoms with Crippen LogP contribution in [0.2, 0.25) is 0 Å². The molecular weight excluding hydrogens is 248 g/mol. The standard InChI is InChI=1S/C14H18O5/c1-9(15)19-13-12-7-11(16)6-10(12)8-18-14(13)4-2-3-5-17-14/h6,12-13H,2-5,7-8H2,1H3/t12-,13+,14?/m0/s1. The first-order chi connectivity index (χ1) is 9.11. The zero-order chi connectivity index (χ0) is 13.5. The minimum absolute atomic E-state index is 0.0774. The Morgan fingerprint density at radius 3 is 2.95 bits per heavy atom. The molecule has 5 heteroatoms. The van der Waals surface area contributed by atoms with Gasteiger partial charge in [0.05, 0.1) is 13.2 Å². The average Bonchev–Trinajstić information content (AvgIpc) is 2.75. The van der Waals surface area contributed by atoms with Crippen LogP contribution in [0.1, 0.15) is 32.6 Å². The minimum Gasteiger partial charge on any atom is -0.456 e. The van der Waals surface area contributed by atoms with Crippen molar-refractivity contribution in [3.63, 3.8) is 0 Å². The maximum atomic E-state index is 11.6. The first kappa shape index (κ1) is 12.8. The fourth-order valence-electron chi connectivity index (χ4n) is 3.24. The van der Waals surface area contributed by atoms with Crippen molar-refractivity contribution < 1.29 is 23.8 Å². The van der Waals surface area contributed by atoms with Gasteiger partial charge in [0.15, 0.2) is 11.9 Å². The summed E-state index contributed by atoms with van der Waals surface area (Å²) in [7, 11) is 0. The number of carbonyl (C=O) groups excluding carboxylic acids is 2. The molecule has 1 spiro atoms. The Hall–Kier alpha value is -1.20. The summed E-state index contributed by atoms with van der Waals surface area (Å²) >= 11 is 0. The van der Waals surface area contributed by atoms with Crippen LogP contribution < -0.4 is 0 Å². The summed E-state index contributed by atoms with van der Waals surface area (Å²) in [6.07, 6.45) is 4.19. The summed E-state index contributed by atoms with van der Waals surface area (Å²) in [5, 5.41) is 0. The summed E-state index contributed by atoms with van der Waals surface area (Å²) in [5.74, 6) is -1.21. The molecule has 3 atom stereocenters. The zero-order valence-corrected chi connectivity index (χ0v) is 11.0. The fraction of sp³-hybridized carbons (Fsp3) is 0.714. The molecule has 0 aromatic rings. The van der Waals surface area contributed by atoms with E-state index in [1.807, 2.05) is 0 Å². The van der Waals surface area contributed by atoms with E-state index in [0.29, 0.717) is 26.1 Å². The van der Waals surface area contributed by atoms with Gasteiger partial charge in [-0.15, -0.1) is 0 Å². The number of fused-ring (bicyclic) bond motifs is 1. The summed E-state index contributed by atoms with van der Waals surface area (Å²) in [6.45, 7) is 2.39. The highest BCUT2D eigenvalue weighted by Gasteiger charge is 2.54. The monoisotopic (exact) mass is 266 g/mol. The maximum Gasteiger partial charge on any atom is 0.303 e. The molecule has 1 unspecified atom stereocenters. The molecule has 0 aromatic heterocycles. The molecule has 2 saturated heterocycles. The molecule has 19 heavy (non-hydrogen) atoms. The van der Waals surface area contributed by atoms with Gasteiger partial charge < -0.3 is 14.2 Å². The molecule has 0 aromatic carbocycles. The van der Waals surface area contributed by atoms with Crippen molar-refractivity contribution in [3.8, 4) is 0 Å². The van der Waals surface area contributed by atoms with Crippen LogP contribution in [0.5, 0.6) is 0 Å². The van der Waals surface area contributed by atoms with E-state index in [1.54, 1.807) is 6.08 Å². The highest BCUT2D eigenvalue weighted by Crippen LogP contribution is 2.44. The molecule has 2 fully saturated rings. The van der Waals surface area contributed by atoms with Crippen LogP contribution in [-0.2, 0) is 23.8 Å². The predicted octanol–water partition coefficient (Wildman–Crippen LogP) is 1.36. The fourth-order valence-corrected chi connectivity index (χ4v) is 3.24. The van der Waals surface area contributed by atoms with Crippen LogP contribution >= 0.6 is 0 Å². The van der Waals surface area contributed by atoms with Gasteiger partial charge in [-0.05, 0) is 24.5 Å². The SMILES string of the molecule is CC(=O)O[C@@H]1[C@H]2CC(=O)C=C2COC12CCCCO2. The van der Waals surface area contributed by atoms with E-state index >= 15 is 0 Å². The minimum atomic E-state index is -0.851. The molecule has 0 N–H and O–H groups in total. The first-order valence-electron chi connectivity index (χ1n) is 6.79. The Labute approximate surface area is 111 Å². The summed E-state index contributed by atoms with van der Waals surface area (Å²) < 4.78 is 17.2. The van der Waals surface area contributed by atoms with Crippen molar-refractivity contribution in [1.29, 1.82) is 0 Å². The molecule has 5 nitrogen and oxygen atoms in total. The summed E-state index contributed by atoms with van der Waals surface area (Å²) in [6, 6.07) is 0. The number of hydrogen-bond donors (Lipinski definition) is 0. The quantitative estimate of drug-likeness (QED) is 0.671. The van der Waals surface area contributed by atoms with E-state index < -0.39 is 11.9 Å². The maximum absolute atomic E-state index is 11.6. The molecule has 0 saturated carbocycles. The third-order valence-electron chi connectivity index (χ3n) is 4.08. The Morgan fingerprint density at radius 2 is 2.26 bits per heavy atom. The third kappa shape index (κ3) is 2.21. The van der Waals surface area contributed by atoms with Crippen molar-refractivity contribution in [1.82, 2.24) is 0 Å². The van der Waals surface area contributed by atoms with Gasteiger partial charge in [0.1, 0.15) is 0 Å². The Bertz CT molecular complexity index is 433. The van der Waals surface area contributed by atoms with Crippen LogP contribution in [0.4, 0.5) is 0 Å². The highest BCUT2D eigenvalue weighted by atomic mass is 16.7. The van der Waals surface area contributed by atoms with E-state index in [4.69, 9.17) is 14.2 Å². The van der Waals surface area contributed by atoms with Crippen LogP contribution in [0.25, 0.3) is 0 Å². The first-order valence-corrected chi connectivity index (χ1v) is 6.79. The van der Waals surface area contributed by atoms with E-state index in [2.05, 4.69) is 0 Å². The van der Waals surface area contributed by atoms with E-state index in [0.717, 1.165) is 18.4 Å². The molecule has 104 valence electrons. The second kappa shape index (κ2) is 4.72. The van der Waals surface area contributed by atoms with Gasteiger partial charge in [0.25, 0.3) is 0 Å². The Kier molecular flexibility index (Phi) is 3.19. The van der Waals surface area contributed by atoms with Crippen molar-refractivity contribution in [3.05, 3.63) is 11.6 Å². The largest absolute Gasteiger partial charge is 0.456 e. The normalized spacial score (nSPS) is 37.9. The molecule has 0 radical (unpaired) electrons. The van der Waals surface area contributed by atoms with Gasteiger partial charge in [-0.1, -0.05) is 0 Å². The summed E-state index contributed by atoms with van der Waals surface area (Å²) in [5.41, 5.74) is 0.927. The lowest BCUT2D eigenvalue weighted by Gasteiger charge is -2.47. The molecule has 2 aliphatic heterocycles. The number of ether oxygens (including phenoxy) is 3. The smallest absolute Gasteiger partial charge is 0.303 e. The van der Waals surface area contributed by atoms with Gasteiger partial charge >= 0.3 is 5.97 Å². The predicted molar refractivity (Wildman–Crippen MR) is 65.2 cm³/mol. The van der Waals surface area contributed by atoms with Crippen molar-refractivity contribution >= 4 is 11.8 Å². The number of hydrogen-bond acceptors (Lipinski definition) is 5. The van der Waals surface area contributed by atoms with Gasteiger partial charge in [-0.3, -0.25) is 9.59 Å². The van der Waals surface area contributed by atoms with Crippen molar-refractivity contribution in [2.45, 2.75) is 44.5 Å². The summed E-state index contributed by atoms with van der Waals surface area (Å²) in [4.78, 5) is 23.0. The second-order valence-corrected chi connectivity index (χ2v) is 5.43. The molecule has 1 aliphatic carbocycles. The van der Waals surface area contributed by atoms with Crippen LogP contribution in [-0.4, -0.2) is 36.9 Å². The van der Waals surface area contributed by atoms with Crippen molar-refractivity contribution in [2.24, 2.45) is 5.92 Å². The number of rotatable bonds is 1. The lowest BCUT2D eigenvalue weighted by Crippen LogP contribution is -2.57. The molecule has 0 bridgehead atoms. The van der Waals surface area contributed by atoms with Gasteiger partial charge in [0.2, 0.25) is 5.79 Å². The van der Waals surface area contributed by atoms with Crippen LogP contribution in [0.15, 0.2) is 11.6 Å². The number of carbonyl (C=O) groups is 2. The lowest BCUT2D eigenvalue weighted by atomic mass is 9.83. The van der Waals surface area contributed by atoms with Crippen LogP contribution in [0, 0.1) is 5.92 Å². The number of ketones is 1. The Morgan fingerprint density at radius 1 is 1.42 bits per heavy atom. The van der Waals surface area contributed by atoms with Gasteiger partial charge in [-0.2, -0.15) is 0 Å². The molecule has 3 rings (SSSR count). The van der Waals surface area contributed by atoms with E-state index in [9.17, 15) is 9.59 Å². The molecule has 3 aliphatic rings. The Balaban J connectivity index is 1.90. The van der Waals surface area contributed by atoms with Gasteiger partial charge in [0, 0.05) is 25.7 Å².